The van der Waals surface area contributed by atoms with Gasteiger partial charge in [-0.05, 0) is 5.56 Å². The summed E-state index contributed by atoms with van der Waals surface area (Å²) in [4.78, 5) is 10.9. The van der Waals surface area contributed by atoms with Crippen LogP contribution in [0.2, 0.25) is 0 Å². The number of benzene rings is 1. The molecule has 4 nitrogen and oxygen atoms in total. The van der Waals surface area contributed by atoms with Crippen LogP contribution in [0.15, 0.2) is 30.3 Å². The van der Waals surface area contributed by atoms with E-state index in [0.717, 1.165) is 5.56 Å². The summed E-state index contributed by atoms with van der Waals surface area (Å²) in [6.45, 7) is 0.409. The molecule has 0 radical (unpaired) electrons. The fourth-order valence-corrected chi connectivity index (χ4v) is 1.46. The van der Waals surface area contributed by atoms with E-state index in [9.17, 15) is 4.79 Å². The first kappa shape index (κ1) is 10.1. The van der Waals surface area contributed by atoms with E-state index in [4.69, 9.17) is 15.2 Å². The standard InChI is InChI=1S/C11H13NO3/c12-9-6-10(13)15-11(9)14-7-8-4-2-1-3-5-8/h1-5,9,11H,6-7,12H2. The Morgan fingerprint density at radius 2 is 2.13 bits per heavy atom. The molecule has 1 saturated heterocycles. The number of cyclic esters (lactones) is 1. The molecule has 2 atom stereocenters. The van der Waals surface area contributed by atoms with Crippen LogP contribution >= 0.6 is 0 Å². The summed E-state index contributed by atoms with van der Waals surface area (Å²) in [5, 5.41) is 0. The van der Waals surface area contributed by atoms with Crippen LogP contribution in [0.1, 0.15) is 12.0 Å². The smallest absolute Gasteiger partial charge is 0.309 e. The van der Waals surface area contributed by atoms with Crippen LogP contribution in [-0.4, -0.2) is 18.3 Å². The van der Waals surface area contributed by atoms with E-state index in [1.807, 2.05) is 30.3 Å². The Labute approximate surface area is 88.0 Å². The van der Waals surface area contributed by atoms with Crippen LogP contribution in [0.4, 0.5) is 0 Å². The van der Waals surface area contributed by atoms with E-state index in [1.54, 1.807) is 0 Å². The molecule has 2 unspecified atom stereocenters. The Morgan fingerprint density at radius 3 is 2.73 bits per heavy atom. The number of carbonyl (C=O) groups excluding carboxylic acids is 1. The van der Waals surface area contributed by atoms with Gasteiger partial charge in [-0.15, -0.1) is 0 Å². The zero-order valence-corrected chi connectivity index (χ0v) is 8.26. The van der Waals surface area contributed by atoms with E-state index >= 15 is 0 Å². The molecule has 0 saturated carbocycles. The Bertz CT molecular complexity index is 339. The predicted octanol–water partition coefficient (Wildman–Crippen LogP) is 0.803. The highest BCUT2D eigenvalue weighted by Gasteiger charge is 2.32. The second-order valence-electron chi connectivity index (χ2n) is 3.52. The minimum Gasteiger partial charge on any atom is -0.434 e. The first-order chi connectivity index (χ1) is 7.25. The van der Waals surface area contributed by atoms with Crippen molar-refractivity contribution in [1.29, 1.82) is 0 Å². The number of hydrogen-bond acceptors (Lipinski definition) is 4. The molecule has 1 heterocycles. The fraction of sp³-hybridized carbons (Fsp3) is 0.364. The molecule has 1 aromatic rings. The first-order valence-electron chi connectivity index (χ1n) is 4.86. The van der Waals surface area contributed by atoms with Gasteiger partial charge in [-0.2, -0.15) is 0 Å². The fourth-order valence-electron chi connectivity index (χ4n) is 1.46. The Balaban J connectivity index is 1.86. The lowest BCUT2D eigenvalue weighted by Gasteiger charge is -2.14. The third-order valence-corrected chi connectivity index (χ3v) is 2.26. The molecule has 1 aliphatic heterocycles. The molecular formula is C11H13NO3. The van der Waals surface area contributed by atoms with Crippen molar-refractivity contribution in [2.24, 2.45) is 5.73 Å². The van der Waals surface area contributed by atoms with Gasteiger partial charge >= 0.3 is 5.97 Å². The number of ether oxygens (including phenoxy) is 2. The van der Waals surface area contributed by atoms with Gasteiger partial charge in [0.05, 0.1) is 19.1 Å². The monoisotopic (exact) mass is 207 g/mol. The molecule has 80 valence electrons. The Morgan fingerprint density at radius 1 is 1.40 bits per heavy atom. The zero-order valence-electron chi connectivity index (χ0n) is 8.26. The van der Waals surface area contributed by atoms with Gasteiger partial charge in [0.15, 0.2) is 0 Å². The summed E-state index contributed by atoms with van der Waals surface area (Å²) >= 11 is 0. The number of carbonyl (C=O) groups is 1. The molecule has 0 amide bonds. The topological polar surface area (TPSA) is 61.6 Å². The van der Waals surface area contributed by atoms with E-state index in [-0.39, 0.29) is 18.4 Å². The molecule has 0 bridgehead atoms. The maximum Gasteiger partial charge on any atom is 0.309 e. The second kappa shape index (κ2) is 4.42. The summed E-state index contributed by atoms with van der Waals surface area (Å²) in [7, 11) is 0. The van der Waals surface area contributed by atoms with E-state index in [2.05, 4.69) is 0 Å². The summed E-state index contributed by atoms with van der Waals surface area (Å²) in [5.41, 5.74) is 6.70. The number of hydrogen-bond donors (Lipinski definition) is 1. The van der Waals surface area contributed by atoms with Crippen LogP contribution in [0, 0.1) is 0 Å². The largest absolute Gasteiger partial charge is 0.434 e. The molecule has 2 rings (SSSR count). The minimum absolute atomic E-state index is 0.236. The van der Waals surface area contributed by atoms with Crippen LogP contribution < -0.4 is 5.73 Å². The Kier molecular flexibility index (Phi) is 2.99. The molecular weight excluding hydrogens is 194 g/mol. The molecule has 0 aromatic heterocycles. The highest BCUT2D eigenvalue weighted by molar-refractivity contribution is 5.72. The van der Waals surface area contributed by atoms with Crippen molar-refractivity contribution in [3.05, 3.63) is 35.9 Å². The number of esters is 1. The zero-order chi connectivity index (χ0) is 10.7. The normalized spacial score (nSPS) is 25.3. The highest BCUT2D eigenvalue weighted by atomic mass is 16.7. The Hall–Kier alpha value is -1.39. The van der Waals surface area contributed by atoms with Crippen LogP contribution in [0.25, 0.3) is 0 Å². The van der Waals surface area contributed by atoms with Gasteiger partial charge in [0.1, 0.15) is 0 Å². The van der Waals surface area contributed by atoms with E-state index < -0.39 is 6.29 Å². The van der Waals surface area contributed by atoms with Crippen molar-refractivity contribution >= 4 is 5.97 Å². The van der Waals surface area contributed by atoms with Gasteiger partial charge in [0, 0.05) is 0 Å². The average Bonchev–Trinajstić information content (AvgIpc) is 2.56. The number of nitrogens with two attached hydrogens (primary N) is 1. The van der Waals surface area contributed by atoms with Crippen LogP contribution in [0.5, 0.6) is 0 Å². The lowest BCUT2D eigenvalue weighted by Crippen LogP contribution is -2.32. The van der Waals surface area contributed by atoms with Gasteiger partial charge in [-0.3, -0.25) is 4.79 Å². The predicted molar refractivity (Wildman–Crippen MR) is 53.7 cm³/mol. The molecule has 0 spiro atoms. The van der Waals surface area contributed by atoms with Crippen molar-refractivity contribution in [3.8, 4) is 0 Å². The molecule has 1 aromatic carbocycles. The molecule has 4 heteroatoms. The lowest BCUT2D eigenvalue weighted by atomic mass is 10.2. The number of rotatable bonds is 3. The van der Waals surface area contributed by atoms with Gasteiger partial charge in [0.25, 0.3) is 0 Å². The van der Waals surface area contributed by atoms with Crippen molar-refractivity contribution < 1.29 is 14.3 Å². The first-order valence-corrected chi connectivity index (χ1v) is 4.86. The van der Waals surface area contributed by atoms with Gasteiger partial charge in [-0.1, -0.05) is 30.3 Å². The SMILES string of the molecule is NC1CC(=O)OC1OCc1ccccc1. The maximum atomic E-state index is 10.9. The van der Waals surface area contributed by atoms with Crippen molar-refractivity contribution in [3.63, 3.8) is 0 Å². The van der Waals surface area contributed by atoms with Crippen molar-refractivity contribution in [2.45, 2.75) is 25.4 Å². The highest BCUT2D eigenvalue weighted by Crippen LogP contribution is 2.15. The molecule has 1 aliphatic rings. The maximum absolute atomic E-state index is 10.9. The van der Waals surface area contributed by atoms with Crippen LogP contribution in [0.3, 0.4) is 0 Å². The van der Waals surface area contributed by atoms with Gasteiger partial charge in [0.2, 0.25) is 6.29 Å². The van der Waals surface area contributed by atoms with Gasteiger partial charge in [-0.25, -0.2) is 0 Å². The molecule has 2 N–H and O–H groups in total. The molecule has 1 fully saturated rings. The minimum atomic E-state index is -0.599. The van der Waals surface area contributed by atoms with E-state index in [1.165, 1.54) is 0 Å². The van der Waals surface area contributed by atoms with E-state index in [0.29, 0.717) is 6.61 Å². The summed E-state index contributed by atoms with van der Waals surface area (Å²) < 4.78 is 10.3. The molecule has 0 aliphatic carbocycles. The van der Waals surface area contributed by atoms with Crippen LogP contribution in [-0.2, 0) is 20.9 Å². The lowest BCUT2D eigenvalue weighted by molar-refractivity contribution is -0.166. The average molecular weight is 207 g/mol. The second-order valence-corrected chi connectivity index (χ2v) is 3.52. The summed E-state index contributed by atoms with van der Waals surface area (Å²) in [6, 6.07) is 9.34. The molecule has 15 heavy (non-hydrogen) atoms. The summed E-state index contributed by atoms with van der Waals surface area (Å²) in [6.07, 6.45) is -0.364. The van der Waals surface area contributed by atoms with Gasteiger partial charge < -0.3 is 15.2 Å². The third kappa shape index (κ3) is 2.55. The van der Waals surface area contributed by atoms with Crippen molar-refractivity contribution in [2.75, 3.05) is 0 Å². The summed E-state index contributed by atoms with van der Waals surface area (Å²) in [5.74, 6) is -0.291. The quantitative estimate of drug-likeness (QED) is 0.745. The third-order valence-electron chi connectivity index (χ3n) is 2.26. The van der Waals surface area contributed by atoms with Crippen molar-refractivity contribution in [1.82, 2.24) is 0 Å².